The van der Waals surface area contributed by atoms with Crippen molar-refractivity contribution >= 4 is 29.3 Å². The number of aryl methyl sites for hydroxylation is 2. The average Bonchev–Trinajstić information content (AvgIpc) is 3.09. The van der Waals surface area contributed by atoms with E-state index in [9.17, 15) is 14.0 Å². The van der Waals surface area contributed by atoms with E-state index < -0.39 is 5.25 Å². The Morgan fingerprint density at radius 2 is 1.74 bits per heavy atom. The van der Waals surface area contributed by atoms with Crippen LogP contribution >= 0.6 is 11.8 Å². The van der Waals surface area contributed by atoms with E-state index in [-0.39, 0.29) is 24.2 Å². The van der Waals surface area contributed by atoms with Crippen LogP contribution < -0.4 is 10.6 Å². The Morgan fingerprint density at radius 1 is 1.10 bits per heavy atom. The first-order chi connectivity index (χ1) is 14.8. The van der Waals surface area contributed by atoms with Crippen LogP contribution in [0.15, 0.2) is 47.6 Å². The first-order valence-corrected chi connectivity index (χ1v) is 10.6. The zero-order chi connectivity index (χ0) is 22.5. The number of carbonyl (C=O) groups excluding carboxylic acids is 2. The van der Waals surface area contributed by atoms with Crippen molar-refractivity contribution in [1.29, 1.82) is 0 Å². The molecular formula is C22H24FN5O2S. The highest BCUT2D eigenvalue weighted by atomic mass is 32.2. The van der Waals surface area contributed by atoms with Gasteiger partial charge in [0.05, 0.1) is 11.8 Å². The second-order valence-corrected chi connectivity index (χ2v) is 8.47. The minimum atomic E-state index is -0.489. The van der Waals surface area contributed by atoms with E-state index in [0.29, 0.717) is 11.0 Å². The van der Waals surface area contributed by atoms with Crippen LogP contribution in [0.2, 0.25) is 0 Å². The molecule has 3 rings (SSSR count). The molecule has 7 nitrogen and oxygen atoms in total. The highest BCUT2D eigenvalue weighted by Crippen LogP contribution is 2.26. The number of aromatic nitrogens is 3. The van der Waals surface area contributed by atoms with Crippen molar-refractivity contribution in [3.8, 4) is 11.4 Å². The van der Waals surface area contributed by atoms with Gasteiger partial charge >= 0.3 is 0 Å². The molecule has 0 saturated heterocycles. The Kier molecular flexibility index (Phi) is 7.06. The van der Waals surface area contributed by atoms with E-state index in [1.165, 1.54) is 23.9 Å². The first kappa shape index (κ1) is 22.5. The van der Waals surface area contributed by atoms with E-state index in [1.54, 1.807) is 30.7 Å². The molecule has 3 aromatic rings. The average molecular weight is 442 g/mol. The standard InChI is InChI=1S/C22H24FN5O2S/c1-13-6-5-7-14(2)19(13)25-18(29)12-24-21(30)15(3)31-22-27-26-20(28(22)4)16-8-10-17(23)11-9-16/h5-11,15H,12H2,1-4H3,(H,24,30)(H,25,29). The van der Waals surface area contributed by atoms with Crippen LogP contribution in [-0.4, -0.2) is 38.4 Å². The summed E-state index contributed by atoms with van der Waals surface area (Å²) in [6, 6.07) is 11.7. The maximum atomic E-state index is 13.1. The SMILES string of the molecule is Cc1cccc(C)c1NC(=O)CNC(=O)C(C)Sc1nnc(-c2ccc(F)cc2)n1C. The van der Waals surface area contributed by atoms with Gasteiger partial charge in [0, 0.05) is 18.3 Å². The number of thioether (sulfide) groups is 1. The number of carbonyl (C=O) groups is 2. The molecule has 0 aliphatic heterocycles. The van der Waals surface area contributed by atoms with Crippen LogP contribution in [0, 0.1) is 19.7 Å². The van der Waals surface area contributed by atoms with Crippen molar-refractivity contribution in [1.82, 2.24) is 20.1 Å². The maximum absolute atomic E-state index is 13.1. The van der Waals surface area contributed by atoms with Gasteiger partial charge in [-0.1, -0.05) is 30.0 Å². The van der Waals surface area contributed by atoms with E-state index in [1.807, 2.05) is 32.0 Å². The number of hydrogen-bond acceptors (Lipinski definition) is 5. The smallest absolute Gasteiger partial charge is 0.243 e. The molecule has 1 aromatic heterocycles. The lowest BCUT2D eigenvalue weighted by atomic mass is 10.1. The molecule has 2 amide bonds. The molecule has 1 heterocycles. The number of para-hydroxylation sites is 1. The molecule has 0 radical (unpaired) electrons. The van der Waals surface area contributed by atoms with Gasteiger partial charge in [-0.3, -0.25) is 9.59 Å². The quantitative estimate of drug-likeness (QED) is 0.548. The van der Waals surface area contributed by atoms with E-state index >= 15 is 0 Å². The van der Waals surface area contributed by atoms with Crippen LogP contribution in [0.3, 0.4) is 0 Å². The predicted molar refractivity (Wildman–Crippen MR) is 119 cm³/mol. The third kappa shape index (κ3) is 5.49. The summed E-state index contributed by atoms with van der Waals surface area (Å²) >= 11 is 1.23. The molecule has 2 aromatic carbocycles. The molecule has 0 fully saturated rings. The van der Waals surface area contributed by atoms with Crippen LogP contribution in [0.1, 0.15) is 18.1 Å². The fourth-order valence-electron chi connectivity index (χ4n) is 2.99. The maximum Gasteiger partial charge on any atom is 0.243 e. The summed E-state index contributed by atoms with van der Waals surface area (Å²) in [5, 5.41) is 13.8. The third-order valence-corrected chi connectivity index (χ3v) is 5.89. The summed E-state index contributed by atoms with van der Waals surface area (Å²) in [7, 11) is 1.78. The Labute approximate surface area is 184 Å². The summed E-state index contributed by atoms with van der Waals surface area (Å²) in [4.78, 5) is 24.7. The lowest BCUT2D eigenvalue weighted by Gasteiger charge is -2.14. The molecule has 0 bridgehead atoms. The Hall–Kier alpha value is -3.20. The van der Waals surface area contributed by atoms with Crippen LogP contribution in [0.5, 0.6) is 0 Å². The van der Waals surface area contributed by atoms with Gasteiger partial charge in [-0.15, -0.1) is 10.2 Å². The normalized spacial score (nSPS) is 11.8. The van der Waals surface area contributed by atoms with Crippen molar-refractivity contribution in [2.75, 3.05) is 11.9 Å². The number of benzene rings is 2. The molecular weight excluding hydrogens is 417 g/mol. The summed E-state index contributed by atoms with van der Waals surface area (Å²) < 4.78 is 14.9. The molecule has 1 unspecified atom stereocenters. The van der Waals surface area contributed by atoms with Gasteiger partial charge in [-0.2, -0.15) is 0 Å². The second-order valence-electron chi connectivity index (χ2n) is 7.16. The topological polar surface area (TPSA) is 88.9 Å². The fourth-order valence-corrected chi connectivity index (χ4v) is 3.83. The lowest BCUT2D eigenvalue weighted by Crippen LogP contribution is -2.37. The van der Waals surface area contributed by atoms with Crippen molar-refractivity contribution in [2.24, 2.45) is 7.05 Å². The summed E-state index contributed by atoms with van der Waals surface area (Å²) in [5.41, 5.74) is 3.41. The minimum Gasteiger partial charge on any atom is -0.346 e. The Balaban J connectivity index is 1.56. The second kappa shape index (κ2) is 9.74. The van der Waals surface area contributed by atoms with Crippen molar-refractivity contribution in [3.05, 3.63) is 59.4 Å². The summed E-state index contributed by atoms with van der Waals surface area (Å²) in [6.45, 7) is 5.44. The van der Waals surface area contributed by atoms with Gasteiger partial charge in [0.2, 0.25) is 11.8 Å². The van der Waals surface area contributed by atoms with E-state index in [2.05, 4.69) is 20.8 Å². The first-order valence-electron chi connectivity index (χ1n) is 9.72. The molecule has 1 atom stereocenters. The molecule has 162 valence electrons. The van der Waals surface area contributed by atoms with Gasteiger partial charge in [0.15, 0.2) is 11.0 Å². The molecule has 0 saturated carbocycles. The number of nitrogens with one attached hydrogen (secondary N) is 2. The minimum absolute atomic E-state index is 0.128. The van der Waals surface area contributed by atoms with Crippen molar-refractivity contribution in [2.45, 2.75) is 31.2 Å². The van der Waals surface area contributed by atoms with E-state index in [4.69, 9.17) is 0 Å². The molecule has 2 N–H and O–H groups in total. The fraction of sp³-hybridized carbons (Fsp3) is 0.273. The van der Waals surface area contributed by atoms with Crippen molar-refractivity contribution < 1.29 is 14.0 Å². The number of nitrogens with zero attached hydrogens (tertiary/aromatic N) is 3. The highest BCUT2D eigenvalue weighted by Gasteiger charge is 2.20. The zero-order valence-corrected chi connectivity index (χ0v) is 18.6. The molecule has 31 heavy (non-hydrogen) atoms. The van der Waals surface area contributed by atoms with Gasteiger partial charge < -0.3 is 15.2 Å². The molecule has 0 spiro atoms. The van der Waals surface area contributed by atoms with Crippen molar-refractivity contribution in [3.63, 3.8) is 0 Å². The lowest BCUT2D eigenvalue weighted by molar-refractivity contribution is -0.123. The Bertz CT molecular complexity index is 1080. The number of rotatable bonds is 7. The largest absolute Gasteiger partial charge is 0.346 e. The Morgan fingerprint density at radius 3 is 2.39 bits per heavy atom. The van der Waals surface area contributed by atoms with Crippen LogP contribution in [0.25, 0.3) is 11.4 Å². The number of anilines is 1. The number of hydrogen-bond donors (Lipinski definition) is 2. The third-order valence-electron chi connectivity index (χ3n) is 4.76. The van der Waals surface area contributed by atoms with Crippen LogP contribution in [-0.2, 0) is 16.6 Å². The summed E-state index contributed by atoms with van der Waals surface area (Å²) in [5.74, 6) is -0.330. The van der Waals surface area contributed by atoms with Gasteiger partial charge in [0.1, 0.15) is 5.82 Å². The molecule has 0 aliphatic rings. The van der Waals surface area contributed by atoms with Gasteiger partial charge in [0.25, 0.3) is 0 Å². The van der Waals surface area contributed by atoms with Gasteiger partial charge in [-0.05, 0) is 56.2 Å². The number of halogens is 1. The monoisotopic (exact) mass is 441 g/mol. The zero-order valence-electron chi connectivity index (χ0n) is 17.8. The predicted octanol–water partition coefficient (Wildman–Crippen LogP) is 3.47. The number of amides is 2. The highest BCUT2D eigenvalue weighted by molar-refractivity contribution is 8.00. The summed E-state index contributed by atoms with van der Waals surface area (Å²) in [6.07, 6.45) is 0. The van der Waals surface area contributed by atoms with Crippen LogP contribution in [0.4, 0.5) is 10.1 Å². The molecule has 9 heteroatoms. The van der Waals surface area contributed by atoms with Gasteiger partial charge in [-0.25, -0.2) is 4.39 Å². The molecule has 0 aliphatic carbocycles. The van der Waals surface area contributed by atoms with E-state index in [0.717, 1.165) is 22.4 Å².